The van der Waals surface area contributed by atoms with Crippen molar-refractivity contribution in [2.24, 2.45) is 5.16 Å². The minimum absolute atomic E-state index is 0.370. The van der Waals surface area contributed by atoms with E-state index in [0.717, 1.165) is 18.6 Å². The lowest BCUT2D eigenvalue weighted by molar-refractivity contribution is 0.0829. The van der Waals surface area contributed by atoms with E-state index in [4.69, 9.17) is 4.84 Å². The molecule has 14 heavy (non-hydrogen) atoms. The van der Waals surface area contributed by atoms with E-state index in [1.54, 1.807) is 0 Å². The summed E-state index contributed by atoms with van der Waals surface area (Å²) in [4.78, 5) is 5.00. The summed E-state index contributed by atoms with van der Waals surface area (Å²) in [6.07, 6.45) is 2.46. The van der Waals surface area contributed by atoms with Gasteiger partial charge in [-0.15, -0.1) is 0 Å². The summed E-state index contributed by atoms with van der Waals surface area (Å²) in [7, 11) is 0. The van der Waals surface area contributed by atoms with E-state index in [2.05, 4.69) is 12.1 Å². The monoisotopic (exact) mass is 191 g/mol. The first-order valence-electron chi connectivity index (χ1n) is 5.02. The van der Waals surface area contributed by atoms with Crippen molar-refractivity contribution in [3.63, 3.8) is 0 Å². The Bertz CT molecular complexity index is 242. The molecule has 0 N–H and O–H groups in total. The Labute approximate surface area is 85.6 Å². The molecule has 0 aromatic heterocycles. The molecule has 1 aliphatic rings. The van der Waals surface area contributed by atoms with Crippen LogP contribution in [0, 0.1) is 0 Å². The van der Waals surface area contributed by atoms with Crippen molar-refractivity contribution in [3.05, 3.63) is 36.4 Å². The summed E-state index contributed by atoms with van der Waals surface area (Å²) in [5.41, 5.74) is 1.12. The molecular formula is C12H17NO. The fourth-order valence-electron chi connectivity index (χ4n) is 1.17. The van der Waals surface area contributed by atoms with Crippen molar-refractivity contribution in [3.8, 4) is 0 Å². The second kappa shape index (κ2) is 6.19. The van der Waals surface area contributed by atoms with E-state index in [1.165, 1.54) is 0 Å². The molecule has 0 fully saturated rings. The van der Waals surface area contributed by atoms with Crippen LogP contribution >= 0.6 is 0 Å². The zero-order valence-electron chi connectivity index (χ0n) is 8.81. The maximum Gasteiger partial charge on any atom is 0.132 e. The van der Waals surface area contributed by atoms with Crippen molar-refractivity contribution >= 4 is 5.71 Å². The van der Waals surface area contributed by atoms with Crippen LogP contribution in [0.25, 0.3) is 0 Å². The van der Waals surface area contributed by atoms with Crippen molar-refractivity contribution < 1.29 is 4.84 Å². The van der Waals surface area contributed by atoms with Gasteiger partial charge in [-0.1, -0.05) is 48.5 Å². The number of hydrogen-bond acceptors (Lipinski definition) is 2. The molecule has 2 heteroatoms. The van der Waals surface area contributed by atoms with Crippen LogP contribution in [0.3, 0.4) is 0 Å². The summed E-state index contributed by atoms with van der Waals surface area (Å²) >= 11 is 0. The second-order valence-corrected chi connectivity index (χ2v) is 3.32. The van der Waals surface area contributed by atoms with Gasteiger partial charge < -0.3 is 4.84 Å². The molecule has 0 bridgehead atoms. The van der Waals surface area contributed by atoms with E-state index >= 15 is 0 Å². The summed E-state index contributed by atoms with van der Waals surface area (Å²) in [5, 5.41) is 3.81. The molecule has 1 atom stereocenters. The Hall–Kier alpha value is -1.31. The van der Waals surface area contributed by atoms with Crippen molar-refractivity contribution in [1.29, 1.82) is 0 Å². The molecule has 2 nitrogen and oxygen atoms in total. The quantitative estimate of drug-likeness (QED) is 0.667. The lowest BCUT2D eigenvalue weighted by Gasteiger charge is -2.00. The molecule has 0 saturated carbocycles. The first-order chi connectivity index (χ1) is 6.83. The van der Waals surface area contributed by atoms with Gasteiger partial charge in [0.15, 0.2) is 0 Å². The predicted octanol–water partition coefficient (Wildman–Crippen LogP) is 3.25. The van der Waals surface area contributed by atoms with Gasteiger partial charge >= 0.3 is 0 Å². The summed E-state index contributed by atoms with van der Waals surface area (Å²) < 4.78 is 0. The first kappa shape index (κ1) is 10.8. The van der Waals surface area contributed by atoms with E-state index < -0.39 is 0 Å². The van der Waals surface area contributed by atoms with E-state index in [-0.39, 0.29) is 0 Å². The fraction of sp³-hybridized carbons (Fsp3) is 0.417. The third-order valence-electron chi connectivity index (χ3n) is 2.00. The molecule has 1 heterocycles. The SMILES string of the molecule is CCC1CC(C)=NO1.c1ccccc1. The predicted molar refractivity (Wildman–Crippen MR) is 59.3 cm³/mol. The molecule has 1 aliphatic heterocycles. The molecule has 0 saturated heterocycles. The molecule has 1 unspecified atom stereocenters. The summed E-state index contributed by atoms with van der Waals surface area (Å²) in [6.45, 7) is 4.11. The van der Waals surface area contributed by atoms with Gasteiger partial charge in [0.2, 0.25) is 0 Å². The molecule has 2 rings (SSSR count). The Morgan fingerprint density at radius 3 is 1.93 bits per heavy atom. The third kappa shape index (κ3) is 4.08. The Balaban J connectivity index is 0.000000146. The number of nitrogens with zero attached hydrogens (tertiary/aromatic N) is 1. The molecular weight excluding hydrogens is 174 g/mol. The maximum absolute atomic E-state index is 5.00. The zero-order valence-corrected chi connectivity index (χ0v) is 8.81. The summed E-state index contributed by atoms with van der Waals surface area (Å²) in [5.74, 6) is 0. The average Bonchev–Trinajstić information content (AvgIpc) is 2.68. The minimum Gasteiger partial charge on any atom is -0.392 e. The normalized spacial score (nSPS) is 19.0. The molecule has 1 aromatic carbocycles. The van der Waals surface area contributed by atoms with Gasteiger partial charge in [-0.05, 0) is 13.3 Å². The van der Waals surface area contributed by atoms with Gasteiger partial charge in [-0.25, -0.2) is 0 Å². The number of oxime groups is 1. The number of hydrogen-bond donors (Lipinski definition) is 0. The number of rotatable bonds is 1. The average molecular weight is 191 g/mol. The van der Waals surface area contributed by atoms with E-state index in [9.17, 15) is 0 Å². The maximum atomic E-state index is 5.00. The highest BCUT2D eigenvalue weighted by Gasteiger charge is 2.14. The van der Waals surface area contributed by atoms with Gasteiger partial charge in [0.25, 0.3) is 0 Å². The largest absolute Gasteiger partial charge is 0.392 e. The van der Waals surface area contributed by atoms with Crippen LogP contribution in [0.2, 0.25) is 0 Å². The van der Waals surface area contributed by atoms with Crippen LogP contribution in [-0.2, 0) is 4.84 Å². The van der Waals surface area contributed by atoms with Crippen LogP contribution < -0.4 is 0 Å². The lowest BCUT2D eigenvalue weighted by Crippen LogP contribution is -2.03. The Kier molecular flexibility index (Phi) is 4.76. The molecule has 76 valence electrons. The van der Waals surface area contributed by atoms with Gasteiger partial charge in [0.05, 0.1) is 5.71 Å². The highest BCUT2D eigenvalue weighted by Crippen LogP contribution is 2.11. The van der Waals surface area contributed by atoms with Gasteiger partial charge in [-0.3, -0.25) is 0 Å². The van der Waals surface area contributed by atoms with Crippen molar-refractivity contribution in [2.75, 3.05) is 0 Å². The van der Waals surface area contributed by atoms with Crippen LogP contribution in [0.4, 0.5) is 0 Å². The lowest BCUT2D eigenvalue weighted by atomic mass is 10.2. The molecule has 0 amide bonds. The van der Waals surface area contributed by atoms with Gasteiger partial charge in [-0.2, -0.15) is 0 Å². The minimum atomic E-state index is 0.370. The fourth-order valence-corrected chi connectivity index (χ4v) is 1.17. The van der Waals surface area contributed by atoms with E-state index in [1.807, 2.05) is 43.3 Å². The van der Waals surface area contributed by atoms with E-state index in [0.29, 0.717) is 6.10 Å². The standard InChI is InChI=1S/C6H11NO.C6H6/c1-3-6-4-5(2)7-8-6;1-2-4-6-5-3-1/h6H,3-4H2,1-2H3;1-6H. The van der Waals surface area contributed by atoms with Gasteiger partial charge in [0, 0.05) is 6.42 Å². The second-order valence-electron chi connectivity index (χ2n) is 3.32. The van der Waals surface area contributed by atoms with Crippen LogP contribution in [0.15, 0.2) is 41.6 Å². The van der Waals surface area contributed by atoms with Crippen LogP contribution in [-0.4, -0.2) is 11.8 Å². The highest BCUT2D eigenvalue weighted by molar-refractivity contribution is 5.82. The van der Waals surface area contributed by atoms with Crippen molar-refractivity contribution in [1.82, 2.24) is 0 Å². The zero-order chi connectivity index (χ0) is 10.2. The Morgan fingerprint density at radius 2 is 1.71 bits per heavy atom. The highest BCUT2D eigenvalue weighted by atomic mass is 16.6. The van der Waals surface area contributed by atoms with Crippen LogP contribution in [0.5, 0.6) is 0 Å². The van der Waals surface area contributed by atoms with Crippen LogP contribution in [0.1, 0.15) is 26.7 Å². The molecule has 0 spiro atoms. The third-order valence-corrected chi connectivity index (χ3v) is 2.00. The first-order valence-corrected chi connectivity index (χ1v) is 5.02. The molecule has 1 aromatic rings. The smallest absolute Gasteiger partial charge is 0.132 e. The molecule has 0 radical (unpaired) electrons. The number of benzene rings is 1. The topological polar surface area (TPSA) is 21.6 Å². The summed E-state index contributed by atoms with van der Waals surface area (Å²) in [6, 6.07) is 12.0. The Morgan fingerprint density at radius 1 is 1.21 bits per heavy atom. The van der Waals surface area contributed by atoms with Gasteiger partial charge in [0.1, 0.15) is 6.10 Å². The van der Waals surface area contributed by atoms with Crippen molar-refractivity contribution in [2.45, 2.75) is 32.8 Å². The molecule has 0 aliphatic carbocycles.